The minimum Gasteiger partial charge on any atom is -0.353 e. The monoisotopic (exact) mass is 1240 g/mol. The molecule has 14 aromatic carbocycles. The highest BCUT2D eigenvalue weighted by Gasteiger charge is 2.24. The van der Waals surface area contributed by atoms with Gasteiger partial charge in [-0.25, -0.2) is 19.9 Å². The first-order valence-corrected chi connectivity index (χ1v) is 33.1. The standard InChI is InChI=1S/C42H25N3S.C22H13NS.C20H13ClN2/c1-3-13-26(14-4-1)39-40(27-15-5-2-6-16-27)44-34-25-28(23-24-33(34)43-39)45-35-21-11-9-19-31(35)37-29-17-7-8-18-30(29)38-32-20-10-12-22-36(32)46-42(38)41(37)45;1-2-8-14-13(7-1)19-15-9-3-5-11-17(15)23-21(19)22-20(14)16-10-4-6-12-18(16)24-22;21-16-11-12-17-18(13-16)23-20(15-9-5-2-6-10-15)19(22-17)14-7-3-1-4-8-14/h1-25H;1-12,23H;1-13H. The van der Waals surface area contributed by atoms with Gasteiger partial charge in [0.05, 0.1) is 70.8 Å². The molecule has 6 aromatic heterocycles. The van der Waals surface area contributed by atoms with Gasteiger partial charge in [0.15, 0.2) is 0 Å². The smallest absolute Gasteiger partial charge is 0.0973 e. The van der Waals surface area contributed by atoms with E-state index in [1.54, 1.807) is 0 Å². The SMILES string of the molecule is Clc1ccc2nc(-c3ccccc3)c(-c3ccccc3)nc2c1.c1ccc(-c2nc3ccc(-n4c5ccccc5c5c6ccccc6c6c7ccccc7sc6c54)cc3nc2-c2ccccc2)cc1.c1ccc2c(c1)[nH]c1c3sc4ccccc4c3c3ccccc3c21. The van der Waals surface area contributed by atoms with Gasteiger partial charge in [0.2, 0.25) is 0 Å². The Bertz CT molecular complexity index is 6210. The molecule has 0 saturated carbocycles. The van der Waals surface area contributed by atoms with Crippen LogP contribution in [0.15, 0.2) is 303 Å². The molecule has 6 nitrogen and oxygen atoms in total. The molecule has 0 bridgehead atoms. The molecule has 0 fully saturated rings. The van der Waals surface area contributed by atoms with Gasteiger partial charge in [-0.3, -0.25) is 0 Å². The number of nitrogens with one attached hydrogen (secondary N) is 1. The molecule has 6 heterocycles. The molecule has 0 aliphatic rings. The Morgan fingerprint density at radius 1 is 0.301 bits per heavy atom. The normalized spacial score (nSPS) is 11.7. The molecule has 0 unspecified atom stereocenters. The van der Waals surface area contributed by atoms with E-state index in [-0.39, 0.29) is 0 Å². The van der Waals surface area contributed by atoms with Crippen molar-refractivity contribution in [2.45, 2.75) is 0 Å². The van der Waals surface area contributed by atoms with Gasteiger partial charge < -0.3 is 9.55 Å². The van der Waals surface area contributed by atoms with Crippen LogP contribution in [0.4, 0.5) is 0 Å². The molecule has 0 radical (unpaired) electrons. The maximum absolute atomic E-state index is 6.11. The zero-order chi connectivity index (χ0) is 61.5. The number of fused-ring (bicyclic) bond motifs is 22. The molecule has 0 aliphatic carbocycles. The summed E-state index contributed by atoms with van der Waals surface area (Å²) in [6, 6.07) is 106. The van der Waals surface area contributed by atoms with E-state index < -0.39 is 0 Å². The molecule has 20 rings (SSSR count). The molecule has 0 atom stereocenters. The van der Waals surface area contributed by atoms with Crippen LogP contribution in [0.5, 0.6) is 0 Å². The number of hydrogen-bond donors (Lipinski definition) is 1. The van der Waals surface area contributed by atoms with Crippen LogP contribution >= 0.6 is 34.3 Å². The van der Waals surface area contributed by atoms with Gasteiger partial charge in [-0.05, 0) is 82.2 Å². The summed E-state index contributed by atoms with van der Waals surface area (Å²) < 4.78 is 7.77. The van der Waals surface area contributed by atoms with Crippen LogP contribution in [0.3, 0.4) is 0 Å². The number of thiophene rings is 2. The average Bonchev–Trinajstić information content (AvgIpc) is 1.56. The maximum Gasteiger partial charge on any atom is 0.0973 e. The molecule has 93 heavy (non-hydrogen) atoms. The molecular weight excluding hydrogens is 1190 g/mol. The summed E-state index contributed by atoms with van der Waals surface area (Å²) in [6.45, 7) is 0. The summed E-state index contributed by atoms with van der Waals surface area (Å²) in [4.78, 5) is 23.9. The fourth-order valence-electron chi connectivity index (χ4n) is 13.8. The number of benzene rings is 14. The Kier molecular flexibility index (Phi) is 13.2. The lowest BCUT2D eigenvalue weighted by atomic mass is 9.99. The molecule has 0 saturated heterocycles. The molecular formula is C84H51ClN6S2. The van der Waals surface area contributed by atoms with Crippen molar-refractivity contribution in [3.63, 3.8) is 0 Å². The second-order valence-electron chi connectivity index (χ2n) is 23.3. The number of hydrogen-bond acceptors (Lipinski definition) is 6. The largest absolute Gasteiger partial charge is 0.353 e. The van der Waals surface area contributed by atoms with Crippen LogP contribution in [0.2, 0.25) is 5.02 Å². The second kappa shape index (κ2) is 22.5. The van der Waals surface area contributed by atoms with Crippen LogP contribution in [0.25, 0.3) is 178 Å². The average molecular weight is 1240 g/mol. The number of rotatable bonds is 5. The third-order valence-corrected chi connectivity index (χ3v) is 20.5. The number of halogens is 1. The van der Waals surface area contributed by atoms with Crippen LogP contribution in [0.1, 0.15) is 0 Å². The van der Waals surface area contributed by atoms with Crippen molar-refractivity contribution in [1.82, 2.24) is 29.5 Å². The maximum atomic E-state index is 6.11. The first-order chi connectivity index (χ1) is 46.1. The molecule has 9 heteroatoms. The second-order valence-corrected chi connectivity index (χ2v) is 25.8. The van der Waals surface area contributed by atoms with Crippen molar-refractivity contribution < 1.29 is 0 Å². The van der Waals surface area contributed by atoms with E-state index >= 15 is 0 Å². The van der Waals surface area contributed by atoms with Crippen molar-refractivity contribution in [2.24, 2.45) is 0 Å². The lowest BCUT2D eigenvalue weighted by Crippen LogP contribution is -1.98. The fourth-order valence-corrected chi connectivity index (χ4v) is 16.4. The highest BCUT2D eigenvalue weighted by Crippen LogP contribution is 2.49. The van der Waals surface area contributed by atoms with Crippen molar-refractivity contribution in [1.29, 1.82) is 0 Å². The predicted octanol–water partition coefficient (Wildman–Crippen LogP) is 24.0. The van der Waals surface area contributed by atoms with Crippen molar-refractivity contribution in [2.75, 3.05) is 0 Å². The quantitative estimate of drug-likeness (QED) is 0.186. The minimum atomic E-state index is 0.665. The van der Waals surface area contributed by atoms with Gasteiger partial charge in [0.25, 0.3) is 0 Å². The van der Waals surface area contributed by atoms with Gasteiger partial charge in [-0.15, -0.1) is 22.7 Å². The summed E-state index contributed by atoms with van der Waals surface area (Å²) in [5.74, 6) is 0. The first kappa shape index (κ1) is 54.5. The van der Waals surface area contributed by atoms with E-state index in [0.29, 0.717) is 5.02 Å². The molecule has 0 amide bonds. The zero-order valence-corrected chi connectivity index (χ0v) is 52.2. The summed E-state index contributed by atoms with van der Waals surface area (Å²) in [6.07, 6.45) is 0. The number of nitrogens with zero attached hydrogens (tertiary/aromatic N) is 5. The minimum absolute atomic E-state index is 0.665. The highest BCUT2D eigenvalue weighted by molar-refractivity contribution is 7.27. The lowest BCUT2D eigenvalue weighted by molar-refractivity contribution is 1.18. The zero-order valence-electron chi connectivity index (χ0n) is 49.8. The van der Waals surface area contributed by atoms with Gasteiger partial charge >= 0.3 is 0 Å². The predicted molar refractivity (Wildman–Crippen MR) is 397 cm³/mol. The summed E-state index contributed by atoms with van der Waals surface area (Å²) in [7, 11) is 0. The van der Waals surface area contributed by atoms with E-state index in [9.17, 15) is 0 Å². The van der Waals surface area contributed by atoms with Crippen molar-refractivity contribution in [3.05, 3.63) is 308 Å². The van der Waals surface area contributed by atoms with Gasteiger partial charge in [0.1, 0.15) is 0 Å². The summed E-state index contributed by atoms with van der Waals surface area (Å²) >= 11 is 9.88. The fraction of sp³-hybridized carbons (Fsp3) is 0. The van der Waals surface area contributed by atoms with E-state index in [2.05, 4.69) is 234 Å². The number of aromatic nitrogens is 6. The van der Waals surface area contributed by atoms with Crippen LogP contribution in [0, 0.1) is 0 Å². The van der Waals surface area contributed by atoms with Gasteiger partial charge in [-0.2, -0.15) is 0 Å². The van der Waals surface area contributed by atoms with E-state index in [0.717, 1.165) is 72.8 Å². The summed E-state index contributed by atoms with van der Waals surface area (Å²) in [5.41, 5.74) is 17.1. The number of aromatic amines is 1. The van der Waals surface area contributed by atoms with Crippen molar-refractivity contribution in [3.8, 4) is 50.7 Å². The first-order valence-electron chi connectivity index (χ1n) is 31.0. The number of para-hydroxylation sites is 2. The van der Waals surface area contributed by atoms with Gasteiger partial charge in [-0.1, -0.05) is 254 Å². The molecule has 0 aliphatic heterocycles. The van der Waals surface area contributed by atoms with Crippen LogP contribution in [-0.4, -0.2) is 29.5 Å². The molecule has 436 valence electrons. The summed E-state index contributed by atoms with van der Waals surface area (Å²) in [5, 5.41) is 16.5. The molecule has 1 N–H and O–H groups in total. The molecule has 0 spiro atoms. The highest BCUT2D eigenvalue weighted by atomic mass is 35.5. The Morgan fingerprint density at radius 3 is 1.23 bits per heavy atom. The molecule has 20 aromatic rings. The Hall–Kier alpha value is -11.4. The van der Waals surface area contributed by atoms with E-state index in [4.69, 9.17) is 31.5 Å². The third-order valence-electron chi connectivity index (χ3n) is 17.9. The third kappa shape index (κ3) is 9.21. The van der Waals surface area contributed by atoms with Crippen LogP contribution in [-0.2, 0) is 0 Å². The van der Waals surface area contributed by atoms with E-state index in [1.165, 1.54) is 106 Å². The lowest BCUT2D eigenvalue weighted by Gasteiger charge is -2.13. The topological polar surface area (TPSA) is 72.3 Å². The van der Waals surface area contributed by atoms with E-state index in [1.807, 2.05) is 102 Å². The Balaban J connectivity index is 0.000000114. The Labute approximate surface area is 546 Å². The van der Waals surface area contributed by atoms with Gasteiger partial charge in [0, 0.05) is 91.0 Å². The van der Waals surface area contributed by atoms with Crippen molar-refractivity contribution >= 4 is 162 Å². The van der Waals surface area contributed by atoms with Crippen LogP contribution < -0.4 is 0 Å². The Morgan fingerprint density at radius 2 is 0.688 bits per heavy atom. The number of H-pyrrole nitrogens is 1.